The van der Waals surface area contributed by atoms with Gasteiger partial charge in [-0.25, -0.2) is 4.98 Å². The molecule has 0 aromatic carbocycles. The van der Waals surface area contributed by atoms with Crippen LogP contribution in [0.2, 0.25) is 0 Å². The third-order valence-electron chi connectivity index (χ3n) is 2.03. The molecule has 0 aliphatic rings. The van der Waals surface area contributed by atoms with Gasteiger partial charge in [-0.1, -0.05) is 5.16 Å². The van der Waals surface area contributed by atoms with E-state index in [0.29, 0.717) is 6.54 Å². The minimum atomic E-state index is 0.00961. The smallest absolute Gasteiger partial charge is 0.142 e. The highest BCUT2D eigenvalue weighted by molar-refractivity contribution is 5.80. The molecule has 1 rings (SSSR count). The van der Waals surface area contributed by atoms with Gasteiger partial charge in [0.05, 0.1) is 6.21 Å². The first-order chi connectivity index (χ1) is 7.27. The van der Waals surface area contributed by atoms with Gasteiger partial charge in [0.25, 0.3) is 0 Å². The fourth-order valence-corrected chi connectivity index (χ4v) is 1.25. The lowest BCUT2D eigenvalue weighted by atomic mass is 10.1. The number of oxime groups is 1. The summed E-state index contributed by atoms with van der Waals surface area (Å²) in [6, 6.07) is 3.29. The molecular formula is C10H15N3O2. The second kappa shape index (κ2) is 5.98. The average Bonchev–Trinajstić information content (AvgIpc) is 2.23. The monoisotopic (exact) mass is 209 g/mol. The van der Waals surface area contributed by atoms with Crippen LogP contribution in [0, 0.1) is 0 Å². The molecule has 0 spiro atoms. The first-order valence-corrected chi connectivity index (χ1v) is 4.84. The molecule has 5 heteroatoms. The molecule has 0 unspecified atom stereocenters. The summed E-state index contributed by atoms with van der Waals surface area (Å²) in [7, 11) is 0. The van der Waals surface area contributed by atoms with Crippen LogP contribution >= 0.6 is 0 Å². The molecule has 1 heterocycles. The Bertz CT molecular complexity index is 339. The van der Waals surface area contributed by atoms with Crippen molar-refractivity contribution < 1.29 is 10.3 Å². The normalized spacial score (nSPS) is 11.0. The number of aromatic hydroxyl groups is 1. The maximum absolute atomic E-state index is 9.35. The molecule has 1 aromatic rings. The Morgan fingerprint density at radius 1 is 1.40 bits per heavy atom. The summed E-state index contributed by atoms with van der Waals surface area (Å²) in [4.78, 5) is 4.13. The van der Waals surface area contributed by atoms with Gasteiger partial charge in [0.15, 0.2) is 0 Å². The van der Waals surface area contributed by atoms with Gasteiger partial charge in [-0.2, -0.15) is 0 Å². The maximum Gasteiger partial charge on any atom is 0.142 e. The number of nitrogens with zero attached hydrogens (tertiary/aromatic N) is 2. The Morgan fingerprint density at radius 3 is 2.87 bits per heavy atom. The molecule has 0 atom stereocenters. The van der Waals surface area contributed by atoms with E-state index in [1.165, 1.54) is 0 Å². The van der Waals surface area contributed by atoms with E-state index in [0.717, 1.165) is 31.2 Å². The van der Waals surface area contributed by atoms with Crippen molar-refractivity contribution in [2.75, 3.05) is 6.54 Å². The first-order valence-electron chi connectivity index (χ1n) is 4.84. The molecule has 5 nitrogen and oxygen atoms in total. The van der Waals surface area contributed by atoms with Gasteiger partial charge in [-0.05, 0) is 37.9 Å². The van der Waals surface area contributed by atoms with Crippen molar-refractivity contribution in [2.24, 2.45) is 10.9 Å². The Morgan fingerprint density at radius 2 is 2.20 bits per heavy atom. The van der Waals surface area contributed by atoms with Crippen LogP contribution in [0.15, 0.2) is 17.3 Å². The lowest BCUT2D eigenvalue weighted by Crippen LogP contribution is -2.00. The number of nitrogens with two attached hydrogens (primary N) is 1. The summed E-state index contributed by atoms with van der Waals surface area (Å²) in [6.45, 7) is 0.670. The number of hydrogen-bond donors (Lipinski definition) is 3. The van der Waals surface area contributed by atoms with Crippen LogP contribution in [0.25, 0.3) is 0 Å². The summed E-state index contributed by atoms with van der Waals surface area (Å²) in [5.74, 6) is 0.00961. The number of pyridine rings is 1. The van der Waals surface area contributed by atoms with Crippen LogP contribution in [0.1, 0.15) is 24.2 Å². The quantitative estimate of drug-likeness (QED) is 0.290. The third kappa shape index (κ3) is 3.55. The lowest BCUT2D eigenvalue weighted by molar-refractivity contribution is 0.321. The first kappa shape index (κ1) is 11.5. The Labute approximate surface area is 88.3 Å². The van der Waals surface area contributed by atoms with Crippen LogP contribution in [0.5, 0.6) is 5.75 Å². The minimum Gasteiger partial charge on any atom is -0.506 e. The zero-order valence-corrected chi connectivity index (χ0v) is 8.43. The second-order valence-electron chi connectivity index (χ2n) is 3.20. The van der Waals surface area contributed by atoms with Crippen LogP contribution in [0.4, 0.5) is 0 Å². The van der Waals surface area contributed by atoms with E-state index in [1.807, 2.05) is 0 Å². The van der Waals surface area contributed by atoms with E-state index in [2.05, 4.69) is 10.1 Å². The van der Waals surface area contributed by atoms with Crippen molar-refractivity contribution in [1.29, 1.82) is 0 Å². The summed E-state index contributed by atoms with van der Waals surface area (Å²) in [5.41, 5.74) is 6.52. The molecule has 0 aliphatic heterocycles. The Hall–Kier alpha value is -1.62. The highest BCUT2D eigenvalue weighted by Gasteiger charge is 2.02. The molecule has 0 radical (unpaired) electrons. The molecular weight excluding hydrogens is 194 g/mol. The summed E-state index contributed by atoms with van der Waals surface area (Å²) in [5, 5.41) is 20.5. The van der Waals surface area contributed by atoms with Gasteiger partial charge in [0, 0.05) is 5.69 Å². The number of hydrogen-bond acceptors (Lipinski definition) is 5. The zero-order chi connectivity index (χ0) is 11.1. The third-order valence-corrected chi connectivity index (χ3v) is 2.03. The van der Waals surface area contributed by atoms with Crippen molar-refractivity contribution in [3.63, 3.8) is 0 Å². The molecule has 4 N–H and O–H groups in total. The van der Waals surface area contributed by atoms with E-state index < -0.39 is 0 Å². The summed E-state index contributed by atoms with van der Waals surface area (Å²) < 4.78 is 0. The highest BCUT2D eigenvalue weighted by atomic mass is 16.4. The minimum absolute atomic E-state index is 0.00961. The van der Waals surface area contributed by atoms with E-state index in [4.69, 9.17) is 10.9 Å². The fraction of sp³-hybridized carbons (Fsp3) is 0.400. The SMILES string of the molecule is NCCCCc1ccc(O)c(/C=N/O)n1. The maximum atomic E-state index is 9.35. The van der Waals surface area contributed by atoms with Crippen molar-refractivity contribution in [3.05, 3.63) is 23.5 Å². The Kier molecular flexibility index (Phi) is 4.56. The molecule has 0 amide bonds. The van der Waals surface area contributed by atoms with Gasteiger partial charge in [-0.15, -0.1) is 0 Å². The molecule has 0 bridgehead atoms. The molecule has 0 saturated carbocycles. The van der Waals surface area contributed by atoms with Crippen molar-refractivity contribution in [2.45, 2.75) is 19.3 Å². The number of rotatable bonds is 5. The topological polar surface area (TPSA) is 91.7 Å². The lowest BCUT2D eigenvalue weighted by Gasteiger charge is -2.02. The summed E-state index contributed by atoms with van der Waals surface area (Å²) >= 11 is 0. The van der Waals surface area contributed by atoms with E-state index in [1.54, 1.807) is 12.1 Å². The van der Waals surface area contributed by atoms with Crippen molar-refractivity contribution >= 4 is 6.21 Å². The van der Waals surface area contributed by atoms with Crippen LogP contribution < -0.4 is 5.73 Å². The van der Waals surface area contributed by atoms with Gasteiger partial charge < -0.3 is 16.0 Å². The highest BCUT2D eigenvalue weighted by Crippen LogP contribution is 2.14. The van der Waals surface area contributed by atoms with E-state index >= 15 is 0 Å². The van der Waals surface area contributed by atoms with E-state index in [-0.39, 0.29) is 11.4 Å². The zero-order valence-electron chi connectivity index (χ0n) is 8.43. The Balaban J connectivity index is 2.69. The van der Waals surface area contributed by atoms with Gasteiger partial charge >= 0.3 is 0 Å². The van der Waals surface area contributed by atoms with Crippen LogP contribution in [-0.4, -0.2) is 28.1 Å². The predicted octanol–water partition coefficient (Wildman–Crippen LogP) is 0.877. The number of aryl methyl sites for hydroxylation is 1. The predicted molar refractivity (Wildman–Crippen MR) is 57.3 cm³/mol. The average molecular weight is 209 g/mol. The largest absolute Gasteiger partial charge is 0.506 e. The fourth-order valence-electron chi connectivity index (χ4n) is 1.25. The number of unbranched alkanes of at least 4 members (excludes halogenated alkanes) is 1. The molecule has 1 aromatic heterocycles. The van der Waals surface area contributed by atoms with E-state index in [9.17, 15) is 5.11 Å². The second-order valence-corrected chi connectivity index (χ2v) is 3.20. The van der Waals surface area contributed by atoms with Crippen LogP contribution in [0.3, 0.4) is 0 Å². The van der Waals surface area contributed by atoms with Crippen molar-refractivity contribution in [3.8, 4) is 5.75 Å². The summed E-state index contributed by atoms with van der Waals surface area (Å²) in [6.07, 6.45) is 3.83. The molecule has 15 heavy (non-hydrogen) atoms. The standard InChI is InChI=1S/C10H15N3O2/c11-6-2-1-3-8-4-5-10(14)9(13-8)7-12-15/h4-5,7,14-15H,1-3,6,11H2/b12-7+. The molecule has 0 aliphatic carbocycles. The van der Waals surface area contributed by atoms with Crippen molar-refractivity contribution in [1.82, 2.24) is 4.98 Å². The molecule has 82 valence electrons. The van der Waals surface area contributed by atoms with Crippen LogP contribution in [-0.2, 0) is 6.42 Å². The van der Waals surface area contributed by atoms with Gasteiger partial charge in [0.1, 0.15) is 11.4 Å². The van der Waals surface area contributed by atoms with Gasteiger partial charge in [-0.3, -0.25) is 0 Å². The molecule has 0 saturated heterocycles. The molecule has 0 fully saturated rings. The van der Waals surface area contributed by atoms with Gasteiger partial charge in [0.2, 0.25) is 0 Å². The number of aromatic nitrogens is 1.